The molecule has 10 rings (SSSR count). The predicted molar refractivity (Wildman–Crippen MR) is 366 cm³/mol. The Balaban J connectivity index is 0.884. The number of hydrogen-bond donors (Lipinski definition) is 0. The van der Waals surface area contributed by atoms with E-state index in [1.807, 2.05) is 0 Å². The van der Waals surface area contributed by atoms with Gasteiger partial charge in [-0.2, -0.15) is 0 Å². The average Bonchev–Trinajstić information content (AvgIpc) is 3.46. The van der Waals surface area contributed by atoms with Crippen LogP contribution in [0.25, 0.3) is 46.2 Å². The van der Waals surface area contributed by atoms with Crippen molar-refractivity contribution in [2.24, 2.45) is 0 Å². The summed E-state index contributed by atoms with van der Waals surface area (Å²) in [6.07, 6.45) is 31.5. The summed E-state index contributed by atoms with van der Waals surface area (Å²) in [6, 6.07) is 92.7. The third kappa shape index (κ3) is 16.2. The van der Waals surface area contributed by atoms with E-state index in [2.05, 4.69) is 315 Å². The standard InChI is InChI=1S/C82H82N2/c1-3-5-7-9-11-17-29-65-43-55-75(56-44-65)83(63-81(69-31-19-13-20-32-69)70-33-21-14-22-34-70)77-59-47-67(48-60-77)41-51-73-53-54-74(80-40-28-27-39-79(73)80)52-42-68-49-61-78(62-50-68)84(76-57-45-66(46-58-76)30-18-12-10-8-6-4-2)64-82(71-35-23-15-24-36-71)72-37-25-16-26-38-72/h13-16,19-28,31-64H,3-12,17-18,29-30H2,1-2H3/b51-41+,52-42+. The van der Waals surface area contributed by atoms with Crippen LogP contribution in [0.1, 0.15) is 147 Å². The molecule has 10 aromatic rings. The van der Waals surface area contributed by atoms with Crippen LogP contribution in [-0.4, -0.2) is 0 Å². The van der Waals surface area contributed by atoms with Gasteiger partial charge < -0.3 is 9.80 Å². The molecular formula is C82H82N2. The molecule has 0 aliphatic heterocycles. The summed E-state index contributed by atoms with van der Waals surface area (Å²) >= 11 is 0. The molecule has 0 unspecified atom stereocenters. The first kappa shape index (κ1) is 58.2. The van der Waals surface area contributed by atoms with Crippen molar-refractivity contribution >= 4 is 69.0 Å². The molecule has 0 atom stereocenters. The van der Waals surface area contributed by atoms with Gasteiger partial charge in [0.1, 0.15) is 0 Å². The SMILES string of the molecule is CCCCCCCCc1ccc(N(C=C(c2ccccc2)c2ccccc2)c2ccc(/C=C/c3ccc(/C=C/c4ccc(N(C=C(c5ccccc5)c5ccccc5)c5ccc(CCCCCCCC)cc5)cc4)c4ccccc34)cc2)cc1. The fourth-order valence-electron chi connectivity index (χ4n) is 11.3. The van der Waals surface area contributed by atoms with Crippen LogP contribution >= 0.6 is 0 Å². The van der Waals surface area contributed by atoms with E-state index >= 15 is 0 Å². The van der Waals surface area contributed by atoms with Gasteiger partial charge in [-0.25, -0.2) is 0 Å². The number of hydrogen-bond acceptors (Lipinski definition) is 2. The van der Waals surface area contributed by atoms with Gasteiger partial charge in [-0.15, -0.1) is 0 Å². The van der Waals surface area contributed by atoms with Crippen LogP contribution in [0.4, 0.5) is 22.7 Å². The van der Waals surface area contributed by atoms with Crippen molar-refractivity contribution in [2.75, 3.05) is 9.80 Å². The molecule has 0 aliphatic carbocycles. The monoisotopic (exact) mass is 1090 g/mol. The minimum atomic E-state index is 1.11. The zero-order valence-corrected chi connectivity index (χ0v) is 49.5. The Kier molecular flexibility index (Phi) is 21.4. The van der Waals surface area contributed by atoms with Crippen molar-refractivity contribution in [3.63, 3.8) is 0 Å². The summed E-state index contributed by atoms with van der Waals surface area (Å²) in [5.41, 5.74) is 19.0. The highest BCUT2D eigenvalue weighted by Gasteiger charge is 2.15. The molecule has 0 bridgehead atoms. The normalized spacial score (nSPS) is 11.3. The molecule has 84 heavy (non-hydrogen) atoms. The molecule has 0 fully saturated rings. The first-order chi connectivity index (χ1) is 41.6. The number of rotatable bonds is 28. The Hall–Kier alpha value is -8.98. The minimum absolute atomic E-state index is 1.11. The third-order valence-corrected chi connectivity index (χ3v) is 16.2. The number of aryl methyl sites for hydroxylation is 2. The predicted octanol–water partition coefficient (Wildman–Crippen LogP) is 23.4. The largest absolute Gasteiger partial charge is 0.317 e. The Morgan fingerprint density at radius 2 is 0.560 bits per heavy atom. The molecule has 10 aromatic carbocycles. The minimum Gasteiger partial charge on any atom is -0.317 e. The van der Waals surface area contributed by atoms with Gasteiger partial charge >= 0.3 is 0 Å². The maximum Gasteiger partial charge on any atom is 0.0456 e. The average molecular weight is 1100 g/mol. The summed E-state index contributed by atoms with van der Waals surface area (Å²) in [5.74, 6) is 0. The number of benzene rings is 10. The van der Waals surface area contributed by atoms with Crippen LogP contribution in [0.5, 0.6) is 0 Å². The maximum absolute atomic E-state index is 2.35. The maximum atomic E-state index is 2.35. The van der Waals surface area contributed by atoms with E-state index in [0.717, 1.165) is 46.7 Å². The molecule has 0 spiro atoms. The van der Waals surface area contributed by atoms with Crippen molar-refractivity contribution in [1.82, 2.24) is 0 Å². The van der Waals surface area contributed by atoms with Gasteiger partial charge in [0.15, 0.2) is 0 Å². The van der Waals surface area contributed by atoms with E-state index in [1.165, 1.54) is 143 Å². The van der Waals surface area contributed by atoms with E-state index in [0.29, 0.717) is 0 Å². The molecule has 2 nitrogen and oxygen atoms in total. The Morgan fingerprint density at radius 3 is 0.881 bits per heavy atom. The lowest BCUT2D eigenvalue weighted by molar-refractivity contribution is 0.607. The van der Waals surface area contributed by atoms with Crippen LogP contribution in [-0.2, 0) is 12.8 Å². The molecule has 0 saturated heterocycles. The Bertz CT molecular complexity index is 3360. The van der Waals surface area contributed by atoms with Crippen molar-refractivity contribution in [1.29, 1.82) is 0 Å². The van der Waals surface area contributed by atoms with Gasteiger partial charge in [0.25, 0.3) is 0 Å². The van der Waals surface area contributed by atoms with E-state index in [4.69, 9.17) is 0 Å². The summed E-state index contributed by atoms with van der Waals surface area (Å²) in [6.45, 7) is 4.57. The number of unbranched alkanes of at least 4 members (excludes halogenated alkanes) is 10. The van der Waals surface area contributed by atoms with Crippen molar-refractivity contribution < 1.29 is 0 Å². The van der Waals surface area contributed by atoms with Crippen molar-refractivity contribution in [3.05, 3.63) is 323 Å². The van der Waals surface area contributed by atoms with Gasteiger partial charge in [0.2, 0.25) is 0 Å². The quantitative estimate of drug-likeness (QED) is 0.0356. The summed E-state index contributed by atoms with van der Waals surface area (Å²) in [5, 5.41) is 2.45. The Labute approximate surface area is 502 Å². The molecule has 0 radical (unpaired) electrons. The summed E-state index contributed by atoms with van der Waals surface area (Å²) < 4.78 is 0. The van der Waals surface area contributed by atoms with Crippen LogP contribution < -0.4 is 9.80 Å². The first-order valence-electron chi connectivity index (χ1n) is 31.1. The smallest absolute Gasteiger partial charge is 0.0456 e. The van der Waals surface area contributed by atoms with E-state index in [1.54, 1.807) is 0 Å². The van der Waals surface area contributed by atoms with Crippen LogP contribution in [0.3, 0.4) is 0 Å². The second-order valence-corrected chi connectivity index (χ2v) is 22.3. The second kappa shape index (κ2) is 30.9. The lowest BCUT2D eigenvalue weighted by Gasteiger charge is -2.24. The molecule has 0 aliphatic rings. The summed E-state index contributed by atoms with van der Waals surface area (Å²) in [4.78, 5) is 4.70. The third-order valence-electron chi connectivity index (χ3n) is 16.2. The number of nitrogens with zero attached hydrogens (tertiary/aromatic N) is 2. The second-order valence-electron chi connectivity index (χ2n) is 22.3. The highest BCUT2D eigenvalue weighted by Crippen LogP contribution is 2.35. The highest BCUT2D eigenvalue weighted by atomic mass is 15.1. The van der Waals surface area contributed by atoms with Crippen LogP contribution in [0, 0.1) is 0 Å². The molecule has 0 N–H and O–H groups in total. The Morgan fingerprint density at radius 1 is 0.274 bits per heavy atom. The van der Waals surface area contributed by atoms with Gasteiger partial charge in [0, 0.05) is 46.3 Å². The molecule has 0 aromatic heterocycles. The first-order valence-corrected chi connectivity index (χ1v) is 31.1. The van der Waals surface area contributed by atoms with Crippen molar-refractivity contribution in [3.8, 4) is 0 Å². The lowest BCUT2D eigenvalue weighted by Crippen LogP contribution is -2.10. The zero-order chi connectivity index (χ0) is 57.4. The molecule has 0 saturated carbocycles. The van der Waals surface area contributed by atoms with Gasteiger partial charge in [-0.1, -0.05) is 309 Å². The van der Waals surface area contributed by atoms with E-state index in [-0.39, 0.29) is 0 Å². The van der Waals surface area contributed by atoms with Gasteiger partial charge in [-0.3, -0.25) is 0 Å². The van der Waals surface area contributed by atoms with Crippen LogP contribution in [0.15, 0.2) is 267 Å². The fourth-order valence-corrected chi connectivity index (χ4v) is 11.3. The number of fused-ring (bicyclic) bond motifs is 1. The van der Waals surface area contributed by atoms with Crippen molar-refractivity contribution in [2.45, 2.75) is 104 Å². The van der Waals surface area contributed by atoms with E-state index in [9.17, 15) is 0 Å². The molecule has 0 heterocycles. The molecule has 2 heteroatoms. The van der Waals surface area contributed by atoms with Gasteiger partial charge in [-0.05, 0) is 141 Å². The fraction of sp³-hybridized carbons (Fsp3) is 0.195. The zero-order valence-electron chi connectivity index (χ0n) is 49.5. The lowest BCUT2D eigenvalue weighted by atomic mass is 9.97. The van der Waals surface area contributed by atoms with E-state index < -0.39 is 0 Å². The van der Waals surface area contributed by atoms with Gasteiger partial charge in [0.05, 0.1) is 0 Å². The highest BCUT2D eigenvalue weighted by molar-refractivity contribution is 5.99. The molecular weight excluding hydrogens is 1010 g/mol. The number of anilines is 4. The van der Waals surface area contributed by atoms with Crippen LogP contribution in [0.2, 0.25) is 0 Å². The summed E-state index contributed by atoms with van der Waals surface area (Å²) in [7, 11) is 0. The molecule has 0 amide bonds. The molecule has 420 valence electrons. The topological polar surface area (TPSA) is 6.48 Å².